The lowest BCUT2D eigenvalue weighted by atomic mass is 9.90. The van der Waals surface area contributed by atoms with E-state index >= 15 is 0 Å². The van der Waals surface area contributed by atoms with Crippen LogP contribution in [-0.4, -0.2) is 64.6 Å². The number of ketones is 1. The summed E-state index contributed by atoms with van der Waals surface area (Å²) in [7, 11) is 0. The average Bonchev–Trinajstić information content (AvgIpc) is 3.37. The zero-order chi connectivity index (χ0) is 36.7. The highest BCUT2D eigenvalue weighted by Gasteiger charge is 2.39. The fourth-order valence-corrected chi connectivity index (χ4v) is 6.60. The number of hydrogen-bond donors (Lipinski definition) is 3. The summed E-state index contributed by atoms with van der Waals surface area (Å²) in [6, 6.07) is 0. The van der Waals surface area contributed by atoms with E-state index in [4.69, 9.17) is 9.47 Å². The molecule has 8 heteroatoms. The number of hydrogen-bond acceptors (Lipinski definition) is 8. The molecular formula is C42H74O8. The molecule has 0 aromatic heterocycles. The van der Waals surface area contributed by atoms with Gasteiger partial charge in [-0.25, -0.2) is 0 Å². The van der Waals surface area contributed by atoms with Crippen LogP contribution < -0.4 is 0 Å². The Kier molecular flexibility index (Phi) is 29.1. The molecule has 0 amide bonds. The molecule has 0 spiro atoms. The predicted octanol–water partition coefficient (Wildman–Crippen LogP) is 9.27. The number of unbranched alkanes of at least 4 members (excludes halogenated alkanes) is 18. The summed E-state index contributed by atoms with van der Waals surface area (Å²) in [6.07, 6.45) is 31.6. The van der Waals surface area contributed by atoms with Gasteiger partial charge in [-0.15, -0.1) is 0 Å². The van der Waals surface area contributed by atoms with Gasteiger partial charge in [0, 0.05) is 31.1 Å². The number of ether oxygens (including phenoxy) is 2. The van der Waals surface area contributed by atoms with Crippen LogP contribution in [0.15, 0.2) is 24.3 Å². The van der Waals surface area contributed by atoms with E-state index in [1.807, 2.05) is 12.2 Å². The molecule has 290 valence electrons. The highest BCUT2D eigenvalue weighted by molar-refractivity contribution is 5.84. The number of rotatable bonds is 33. The van der Waals surface area contributed by atoms with Crippen molar-refractivity contribution in [1.29, 1.82) is 0 Å². The summed E-state index contributed by atoms with van der Waals surface area (Å²) < 4.78 is 10.3. The number of esters is 2. The lowest BCUT2D eigenvalue weighted by Gasteiger charge is -2.16. The Morgan fingerprint density at radius 1 is 0.700 bits per heavy atom. The Balaban J connectivity index is 2.02. The van der Waals surface area contributed by atoms with Gasteiger partial charge in [0.05, 0.1) is 12.2 Å². The molecule has 5 atom stereocenters. The number of allylic oxidation sites excluding steroid dienone is 2. The molecule has 0 aromatic carbocycles. The minimum Gasteiger partial charge on any atom is -0.463 e. The van der Waals surface area contributed by atoms with Crippen LogP contribution in [0, 0.1) is 11.8 Å². The maximum atomic E-state index is 12.4. The summed E-state index contributed by atoms with van der Waals surface area (Å²) in [6.45, 7) is 3.98. The summed E-state index contributed by atoms with van der Waals surface area (Å²) in [5.74, 6) is -1.33. The molecular weight excluding hydrogens is 632 g/mol. The topological polar surface area (TPSA) is 130 Å². The van der Waals surface area contributed by atoms with Crippen LogP contribution in [0.1, 0.15) is 181 Å². The highest BCUT2D eigenvalue weighted by Crippen LogP contribution is 2.33. The van der Waals surface area contributed by atoms with Crippen molar-refractivity contribution in [2.45, 2.75) is 199 Å². The zero-order valence-corrected chi connectivity index (χ0v) is 31.9. The van der Waals surface area contributed by atoms with E-state index in [9.17, 15) is 29.7 Å². The van der Waals surface area contributed by atoms with Gasteiger partial charge in [0.25, 0.3) is 0 Å². The molecule has 0 saturated heterocycles. The number of carbonyl (C=O) groups is 3. The number of Topliss-reactive ketones (excluding diaryl/α,β-unsaturated/α-hetero) is 1. The van der Waals surface area contributed by atoms with Crippen molar-refractivity contribution in [1.82, 2.24) is 0 Å². The molecule has 50 heavy (non-hydrogen) atoms. The molecule has 3 N–H and O–H groups in total. The summed E-state index contributed by atoms with van der Waals surface area (Å²) >= 11 is 0. The summed E-state index contributed by atoms with van der Waals surface area (Å²) in [4.78, 5) is 36.5. The van der Waals surface area contributed by atoms with Crippen molar-refractivity contribution >= 4 is 17.7 Å². The van der Waals surface area contributed by atoms with Crippen LogP contribution in [-0.2, 0) is 23.9 Å². The third-order valence-electron chi connectivity index (χ3n) is 9.81. The molecule has 0 unspecified atom stereocenters. The van der Waals surface area contributed by atoms with Crippen molar-refractivity contribution in [3.63, 3.8) is 0 Å². The fraction of sp³-hybridized carbons (Fsp3) is 0.833. The maximum absolute atomic E-state index is 12.4. The van der Waals surface area contributed by atoms with Crippen molar-refractivity contribution in [3.8, 4) is 0 Å². The lowest BCUT2D eigenvalue weighted by molar-refractivity contribution is -0.152. The van der Waals surface area contributed by atoms with E-state index < -0.39 is 24.3 Å². The molecule has 0 heterocycles. The first kappa shape index (κ1) is 46.0. The van der Waals surface area contributed by atoms with E-state index in [0.29, 0.717) is 32.1 Å². The van der Waals surface area contributed by atoms with Gasteiger partial charge in [-0.1, -0.05) is 154 Å². The van der Waals surface area contributed by atoms with Crippen LogP contribution in [0.4, 0.5) is 0 Å². The first-order valence-corrected chi connectivity index (χ1v) is 20.5. The first-order chi connectivity index (χ1) is 24.3. The number of carbonyl (C=O) groups excluding carboxylic acids is 3. The van der Waals surface area contributed by atoms with Crippen molar-refractivity contribution in [2.24, 2.45) is 11.8 Å². The highest BCUT2D eigenvalue weighted by atomic mass is 16.6. The Morgan fingerprint density at radius 3 is 1.72 bits per heavy atom. The number of aliphatic hydroxyl groups is 3. The quantitative estimate of drug-likeness (QED) is 0.0350. The molecule has 1 aliphatic rings. The van der Waals surface area contributed by atoms with Gasteiger partial charge in [0.1, 0.15) is 25.1 Å². The van der Waals surface area contributed by atoms with Gasteiger partial charge in [-0.3, -0.25) is 14.4 Å². The fourth-order valence-electron chi connectivity index (χ4n) is 6.60. The van der Waals surface area contributed by atoms with Gasteiger partial charge in [0.2, 0.25) is 0 Å². The molecule has 1 saturated carbocycles. The van der Waals surface area contributed by atoms with Crippen LogP contribution in [0.5, 0.6) is 0 Å². The largest absolute Gasteiger partial charge is 0.463 e. The minimum atomic E-state index is -1.05. The van der Waals surface area contributed by atoms with Crippen molar-refractivity contribution in [2.75, 3.05) is 13.2 Å². The Morgan fingerprint density at radius 2 is 1.18 bits per heavy atom. The van der Waals surface area contributed by atoms with E-state index in [1.54, 1.807) is 12.2 Å². The second-order valence-corrected chi connectivity index (χ2v) is 14.5. The normalized spacial score (nSPS) is 19.1. The second-order valence-electron chi connectivity index (χ2n) is 14.5. The average molecular weight is 707 g/mol. The van der Waals surface area contributed by atoms with E-state index in [2.05, 4.69) is 13.8 Å². The van der Waals surface area contributed by atoms with Gasteiger partial charge in [-0.2, -0.15) is 0 Å². The molecule has 0 radical (unpaired) electrons. The van der Waals surface area contributed by atoms with Crippen LogP contribution in [0.3, 0.4) is 0 Å². The van der Waals surface area contributed by atoms with Crippen LogP contribution in [0.2, 0.25) is 0 Å². The molecule has 8 nitrogen and oxygen atoms in total. The SMILES string of the molecule is CCCCCCCCCCCCCCCCCCC(=O)OC[C@H](O)COC(=O)CCC/C=C\C[C@H]1C(=O)C[C@@H](O)[C@@H]1/C=C/[C@@H](O)CCCCC. The second kappa shape index (κ2) is 31.7. The summed E-state index contributed by atoms with van der Waals surface area (Å²) in [5.41, 5.74) is 0. The van der Waals surface area contributed by atoms with E-state index in [0.717, 1.165) is 38.5 Å². The van der Waals surface area contributed by atoms with Crippen LogP contribution >= 0.6 is 0 Å². The summed E-state index contributed by atoms with van der Waals surface area (Å²) in [5, 5.41) is 30.6. The molecule has 1 fully saturated rings. The number of aliphatic hydroxyl groups excluding tert-OH is 3. The standard InChI is InChI=1S/C42H74O8/c1-3-5-7-8-9-10-11-12-13-14-15-16-17-18-19-24-28-41(47)49-33-36(44)34-50-42(48)29-25-21-20-23-27-37-38(40(46)32-39(37)45)31-30-35(43)26-22-6-4-2/h20,23,30-31,35-38,40,43-44,46H,3-19,21-22,24-29,32-34H2,1-2H3/b23-20-,31-30+/t35-,36-,37+,38+,40+/m0/s1. The lowest BCUT2D eigenvalue weighted by Crippen LogP contribution is -2.25. The molecule has 0 aliphatic heterocycles. The first-order valence-electron chi connectivity index (χ1n) is 20.5. The predicted molar refractivity (Wildman–Crippen MR) is 202 cm³/mol. The Hall–Kier alpha value is -2.03. The Bertz CT molecular complexity index is 915. The van der Waals surface area contributed by atoms with Gasteiger partial charge in [-0.05, 0) is 32.1 Å². The minimum absolute atomic E-state index is 0.0327. The van der Waals surface area contributed by atoms with E-state index in [1.165, 1.54) is 83.5 Å². The van der Waals surface area contributed by atoms with Crippen LogP contribution in [0.25, 0.3) is 0 Å². The molecule has 0 aromatic rings. The van der Waals surface area contributed by atoms with E-state index in [-0.39, 0.29) is 49.6 Å². The Labute approximate surface area is 304 Å². The zero-order valence-electron chi connectivity index (χ0n) is 31.9. The van der Waals surface area contributed by atoms with Crippen molar-refractivity contribution in [3.05, 3.63) is 24.3 Å². The monoisotopic (exact) mass is 707 g/mol. The molecule has 1 aliphatic carbocycles. The van der Waals surface area contributed by atoms with Gasteiger partial charge in [0.15, 0.2) is 0 Å². The third kappa shape index (κ3) is 25.0. The van der Waals surface area contributed by atoms with Gasteiger partial charge >= 0.3 is 11.9 Å². The third-order valence-corrected chi connectivity index (χ3v) is 9.81. The smallest absolute Gasteiger partial charge is 0.305 e. The maximum Gasteiger partial charge on any atom is 0.305 e. The molecule has 0 bridgehead atoms. The van der Waals surface area contributed by atoms with Gasteiger partial charge < -0.3 is 24.8 Å². The van der Waals surface area contributed by atoms with Crippen molar-refractivity contribution < 1.29 is 39.2 Å². The molecule has 1 rings (SSSR count).